The number of nitrogens with one attached hydrogen (secondary N) is 1. The van der Waals surface area contributed by atoms with E-state index in [2.05, 4.69) is 34.7 Å². The molecular weight excluding hydrogens is 370 g/mol. The van der Waals surface area contributed by atoms with Crippen molar-refractivity contribution < 1.29 is 19.4 Å². The van der Waals surface area contributed by atoms with Crippen LogP contribution >= 0.6 is 0 Å². The maximum absolute atomic E-state index is 12.2. The lowest BCUT2D eigenvalue weighted by atomic mass is 9.98. The average molecular weight is 391 g/mol. The summed E-state index contributed by atoms with van der Waals surface area (Å²) >= 11 is 0. The lowest BCUT2D eigenvalue weighted by Crippen LogP contribution is -2.26. The first-order chi connectivity index (χ1) is 14.1. The van der Waals surface area contributed by atoms with Gasteiger partial charge in [0.15, 0.2) is 0 Å². The first-order valence-corrected chi connectivity index (χ1v) is 9.47. The molecule has 0 saturated carbocycles. The molecule has 1 heterocycles. The van der Waals surface area contributed by atoms with Crippen LogP contribution in [0.25, 0.3) is 11.1 Å². The van der Waals surface area contributed by atoms with E-state index in [0.717, 1.165) is 11.1 Å². The lowest BCUT2D eigenvalue weighted by Gasteiger charge is -2.14. The third-order valence-electron chi connectivity index (χ3n) is 5.11. The minimum absolute atomic E-state index is 0.00828. The van der Waals surface area contributed by atoms with E-state index in [9.17, 15) is 14.7 Å². The Morgan fingerprint density at radius 3 is 2.28 bits per heavy atom. The summed E-state index contributed by atoms with van der Waals surface area (Å²) in [5.74, 6) is -1.06. The van der Waals surface area contributed by atoms with Crippen molar-refractivity contribution in [1.29, 1.82) is 0 Å². The fourth-order valence-corrected chi connectivity index (χ4v) is 3.78. The standard InChI is InChI=1S/C22H21N3O4/c1-2-25-20(21(26)27)11-14(24-25)12-23-22(28)29-13-19-17-9-5-3-7-15(17)16-8-4-6-10-18(16)19/h3-11,19H,2,12-13H2,1H3,(H,23,28)(H,26,27). The summed E-state index contributed by atoms with van der Waals surface area (Å²) < 4.78 is 6.86. The number of carboxylic acids is 1. The molecule has 0 aliphatic heterocycles. The van der Waals surface area contributed by atoms with Crippen LogP contribution in [0.3, 0.4) is 0 Å². The highest BCUT2D eigenvalue weighted by molar-refractivity contribution is 5.85. The zero-order valence-corrected chi connectivity index (χ0v) is 16.0. The smallest absolute Gasteiger partial charge is 0.407 e. The van der Waals surface area contributed by atoms with Gasteiger partial charge in [0.25, 0.3) is 0 Å². The predicted octanol–water partition coefficient (Wildman–Crippen LogP) is 3.64. The molecule has 0 atom stereocenters. The number of benzene rings is 2. The Hall–Kier alpha value is -3.61. The molecule has 1 aliphatic carbocycles. The van der Waals surface area contributed by atoms with Gasteiger partial charge in [0.2, 0.25) is 0 Å². The molecular formula is C22H21N3O4. The Labute approximate surface area is 167 Å². The Kier molecular flexibility index (Phi) is 5.03. The van der Waals surface area contributed by atoms with Gasteiger partial charge in [0.05, 0.1) is 12.2 Å². The number of hydrogen-bond donors (Lipinski definition) is 2. The van der Waals surface area contributed by atoms with Crippen LogP contribution in [-0.2, 0) is 17.8 Å². The van der Waals surface area contributed by atoms with Gasteiger partial charge in [-0.25, -0.2) is 9.59 Å². The zero-order valence-electron chi connectivity index (χ0n) is 16.0. The maximum Gasteiger partial charge on any atom is 0.407 e. The SMILES string of the molecule is CCn1nc(CNC(=O)OCC2c3ccccc3-c3ccccc32)cc1C(=O)O. The average Bonchev–Trinajstić information content (AvgIpc) is 3.30. The third kappa shape index (κ3) is 3.59. The molecule has 0 fully saturated rings. The molecule has 4 rings (SSSR count). The number of aromatic nitrogens is 2. The molecule has 0 bridgehead atoms. The van der Waals surface area contributed by atoms with Crippen molar-refractivity contribution in [2.75, 3.05) is 6.61 Å². The van der Waals surface area contributed by atoms with Crippen LogP contribution in [0.5, 0.6) is 0 Å². The number of fused-ring (bicyclic) bond motifs is 3. The number of aromatic carboxylic acids is 1. The summed E-state index contributed by atoms with van der Waals surface area (Å²) in [5.41, 5.74) is 5.20. The summed E-state index contributed by atoms with van der Waals surface area (Å²) in [6, 6.07) is 17.7. The highest BCUT2D eigenvalue weighted by Gasteiger charge is 2.29. The Morgan fingerprint density at radius 1 is 1.10 bits per heavy atom. The van der Waals surface area contributed by atoms with Gasteiger partial charge < -0.3 is 15.2 Å². The molecule has 7 nitrogen and oxygen atoms in total. The molecule has 7 heteroatoms. The second-order valence-corrected chi connectivity index (χ2v) is 6.82. The highest BCUT2D eigenvalue weighted by atomic mass is 16.5. The zero-order chi connectivity index (χ0) is 20.4. The van der Waals surface area contributed by atoms with Crippen molar-refractivity contribution in [3.63, 3.8) is 0 Å². The van der Waals surface area contributed by atoms with Crippen molar-refractivity contribution >= 4 is 12.1 Å². The Bertz CT molecular complexity index is 1030. The molecule has 0 unspecified atom stereocenters. The quantitative estimate of drug-likeness (QED) is 0.669. The summed E-state index contributed by atoms with van der Waals surface area (Å²) in [6.45, 7) is 2.57. The summed E-state index contributed by atoms with van der Waals surface area (Å²) in [5, 5.41) is 16.0. The van der Waals surface area contributed by atoms with Crippen molar-refractivity contribution in [1.82, 2.24) is 15.1 Å². The van der Waals surface area contributed by atoms with Crippen LogP contribution in [0.2, 0.25) is 0 Å². The van der Waals surface area contributed by atoms with Crippen LogP contribution in [0.15, 0.2) is 54.6 Å². The number of aryl methyl sites for hydroxylation is 1. The first kappa shape index (κ1) is 18.7. The minimum Gasteiger partial charge on any atom is -0.477 e. The van der Waals surface area contributed by atoms with E-state index in [1.54, 1.807) is 0 Å². The number of amides is 1. The predicted molar refractivity (Wildman–Crippen MR) is 107 cm³/mol. The van der Waals surface area contributed by atoms with E-state index in [4.69, 9.17) is 4.74 Å². The second-order valence-electron chi connectivity index (χ2n) is 6.82. The van der Waals surface area contributed by atoms with Gasteiger partial charge in [-0.05, 0) is 35.2 Å². The fraction of sp³-hybridized carbons (Fsp3) is 0.227. The molecule has 3 aromatic rings. The van der Waals surface area contributed by atoms with Gasteiger partial charge in [-0.15, -0.1) is 0 Å². The third-order valence-corrected chi connectivity index (χ3v) is 5.11. The molecule has 148 valence electrons. The molecule has 0 spiro atoms. The molecule has 1 amide bonds. The van der Waals surface area contributed by atoms with E-state index in [1.165, 1.54) is 21.9 Å². The molecule has 2 aromatic carbocycles. The van der Waals surface area contributed by atoms with Gasteiger partial charge >= 0.3 is 12.1 Å². The van der Waals surface area contributed by atoms with Gasteiger partial charge in [-0.3, -0.25) is 4.68 Å². The monoisotopic (exact) mass is 391 g/mol. The minimum atomic E-state index is -1.05. The number of carbonyl (C=O) groups excluding carboxylic acids is 1. The number of hydrogen-bond acceptors (Lipinski definition) is 4. The molecule has 1 aliphatic rings. The van der Waals surface area contributed by atoms with Crippen LogP contribution < -0.4 is 5.32 Å². The molecule has 1 aromatic heterocycles. The second kappa shape index (κ2) is 7.79. The topological polar surface area (TPSA) is 93.5 Å². The van der Waals surface area contributed by atoms with Crippen LogP contribution in [0.1, 0.15) is 40.2 Å². The number of nitrogens with zero attached hydrogens (tertiary/aromatic N) is 2. The van der Waals surface area contributed by atoms with Crippen LogP contribution in [0, 0.1) is 0 Å². The Balaban J connectivity index is 1.40. The van der Waals surface area contributed by atoms with Crippen molar-refractivity contribution in [3.05, 3.63) is 77.1 Å². The normalized spacial score (nSPS) is 12.3. The van der Waals surface area contributed by atoms with E-state index < -0.39 is 12.1 Å². The van der Waals surface area contributed by atoms with Gasteiger partial charge in [0, 0.05) is 12.5 Å². The summed E-state index contributed by atoms with van der Waals surface area (Å²) in [6.07, 6.45) is -0.560. The van der Waals surface area contributed by atoms with Crippen molar-refractivity contribution in [3.8, 4) is 11.1 Å². The molecule has 0 saturated heterocycles. The lowest BCUT2D eigenvalue weighted by molar-refractivity contribution is 0.0683. The van der Waals surface area contributed by atoms with Crippen LogP contribution in [-0.4, -0.2) is 33.6 Å². The van der Waals surface area contributed by atoms with E-state index in [0.29, 0.717) is 12.2 Å². The molecule has 2 N–H and O–H groups in total. The van der Waals surface area contributed by atoms with Gasteiger partial charge in [-0.1, -0.05) is 48.5 Å². The maximum atomic E-state index is 12.2. The van der Waals surface area contributed by atoms with Gasteiger partial charge in [-0.2, -0.15) is 5.10 Å². The first-order valence-electron chi connectivity index (χ1n) is 9.47. The molecule has 0 radical (unpaired) electrons. The summed E-state index contributed by atoms with van der Waals surface area (Å²) in [7, 11) is 0. The number of rotatable bonds is 6. The van der Waals surface area contributed by atoms with Crippen molar-refractivity contribution in [2.24, 2.45) is 0 Å². The van der Waals surface area contributed by atoms with E-state index in [-0.39, 0.29) is 24.8 Å². The fourth-order valence-electron chi connectivity index (χ4n) is 3.78. The highest BCUT2D eigenvalue weighted by Crippen LogP contribution is 2.44. The van der Waals surface area contributed by atoms with E-state index in [1.807, 2.05) is 31.2 Å². The molecule has 29 heavy (non-hydrogen) atoms. The number of carboxylic acid groups (broad SMARTS) is 1. The van der Waals surface area contributed by atoms with Gasteiger partial charge in [0.1, 0.15) is 12.3 Å². The summed E-state index contributed by atoms with van der Waals surface area (Å²) in [4.78, 5) is 23.4. The largest absolute Gasteiger partial charge is 0.477 e. The van der Waals surface area contributed by atoms with Crippen molar-refractivity contribution in [2.45, 2.75) is 25.9 Å². The number of carbonyl (C=O) groups is 2. The number of ether oxygens (including phenoxy) is 1. The Morgan fingerprint density at radius 2 is 1.72 bits per heavy atom. The number of alkyl carbamates (subject to hydrolysis) is 1. The van der Waals surface area contributed by atoms with Crippen LogP contribution in [0.4, 0.5) is 4.79 Å². The van der Waals surface area contributed by atoms with E-state index >= 15 is 0 Å².